The lowest BCUT2D eigenvalue weighted by atomic mass is 9.60. The Labute approximate surface area is 129 Å². The van der Waals surface area contributed by atoms with Crippen LogP contribution in [0.4, 0.5) is 5.69 Å². The number of aliphatic hydroxyl groups is 1. The summed E-state index contributed by atoms with van der Waals surface area (Å²) < 4.78 is 0. The topological polar surface area (TPSA) is 72.2 Å². The first-order valence-corrected chi connectivity index (χ1v) is 7.94. The second kappa shape index (κ2) is 4.28. The molecule has 0 atom stereocenters. The Bertz CT molecular complexity index is 609. The van der Waals surface area contributed by atoms with Crippen LogP contribution in [-0.2, 0) is 0 Å². The van der Waals surface area contributed by atoms with Crippen LogP contribution in [0.3, 0.4) is 0 Å². The Balaban J connectivity index is 1.72. The van der Waals surface area contributed by atoms with Crippen LogP contribution < -0.4 is 9.80 Å². The molecule has 1 aromatic rings. The molecule has 0 aliphatic carbocycles. The Kier molecular flexibility index (Phi) is 2.74. The van der Waals surface area contributed by atoms with Gasteiger partial charge in [0.25, 0.3) is 5.69 Å². The number of benzene rings is 1. The van der Waals surface area contributed by atoms with Crippen molar-refractivity contribution >= 4 is 5.69 Å². The molecule has 6 nitrogen and oxygen atoms in total. The van der Waals surface area contributed by atoms with Crippen LogP contribution >= 0.6 is 0 Å². The molecule has 4 bridgehead atoms. The van der Waals surface area contributed by atoms with Gasteiger partial charge in [0.15, 0.2) is 0 Å². The van der Waals surface area contributed by atoms with Crippen LogP contribution in [0.15, 0.2) is 24.3 Å². The molecular weight excluding hydrogens is 282 g/mol. The van der Waals surface area contributed by atoms with Crippen molar-refractivity contribution in [3.05, 3.63) is 39.9 Å². The van der Waals surface area contributed by atoms with Gasteiger partial charge in [0.1, 0.15) is 0 Å². The number of quaternary nitrogens is 2. The minimum atomic E-state index is -0.318. The van der Waals surface area contributed by atoms with Gasteiger partial charge in [-0.15, -0.1) is 0 Å². The third-order valence-electron chi connectivity index (χ3n) is 6.07. The first-order chi connectivity index (χ1) is 10.3. The quantitative estimate of drug-likeness (QED) is 0.474. The molecule has 0 radical (unpaired) electrons. The van der Waals surface area contributed by atoms with E-state index in [-0.39, 0.29) is 33.7 Å². The maximum Gasteiger partial charge on any atom is 0.270 e. The van der Waals surface area contributed by atoms with E-state index in [1.54, 1.807) is 18.2 Å². The van der Waals surface area contributed by atoms with E-state index < -0.39 is 0 Å². The molecule has 0 spiro atoms. The Morgan fingerprint density at radius 3 is 2.23 bits per heavy atom. The lowest BCUT2D eigenvalue weighted by Gasteiger charge is -2.62. The number of hydrogen-bond acceptors (Lipinski definition) is 3. The third-order valence-corrected chi connectivity index (χ3v) is 6.07. The smallest absolute Gasteiger partial charge is 0.270 e. The molecule has 4 aliphatic rings. The number of piperidine rings is 2. The van der Waals surface area contributed by atoms with Gasteiger partial charge in [-0.05, 0) is 19.9 Å². The van der Waals surface area contributed by atoms with Crippen molar-refractivity contribution in [2.45, 2.75) is 26.1 Å². The van der Waals surface area contributed by atoms with Crippen molar-refractivity contribution in [2.75, 3.05) is 26.2 Å². The number of rotatable bonds is 2. The fourth-order valence-electron chi connectivity index (χ4n) is 5.54. The maximum atomic E-state index is 11.0. The number of nitrogens with zero attached hydrogens (tertiary/aromatic N) is 1. The van der Waals surface area contributed by atoms with E-state index in [0.29, 0.717) is 0 Å². The van der Waals surface area contributed by atoms with Crippen LogP contribution in [0.25, 0.3) is 0 Å². The number of nitro benzene ring substituents is 1. The highest BCUT2D eigenvalue weighted by molar-refractivity contribution is 5.34. The highest BCUT2D eigenvalue weighted by Crippen LogP contribution is 2.39. The zero-order valence-electron chi connectivity index (χ0n) is 13.0. The Morgan fingerprint density at radius 2 is 1.73 bits per heavy atom. The summed E-state index contributed by atoms with van der Waals surface area (Å²) in [6, 6.07) is 7.09. The SMILES string of the molecule is CC12C[NH+]3CC(C)(C[NH+](C1)C3c1cccc([N+](=O)[O-])c1)C2O. The molecule has 1 aromatic carbocycles. The van der Waals surface area contributed by atoms with Crippen LogP contribution in [-0.4, -0.2) is 42.3 Å². The van der Waals surface area contributed by atoms with E-state index in [1.807, 2.05) is 6.07 Å². The van der Waals surface area contributed by atoms with Gasteiger partial charge in [-0.25, -0.2) is 0 Å². The van der Waals surface area contributed by atoms with Crippen molar-refractivity contribution in [3.8, 4) is 0 Å². The summed E-state index contributed by atoms with van der Waals surface area (Å²) in [6.45, 7) is 8.16. The minimum Gasteiger partial charge on any atom is -0.391 e. The molecule has 6 heteroatoms. The predicted molar refractivity (Wildman–Crippen MR) is 79.5 cm³/mol. The van der Waals surface area contributed by atoms with Crippen LogP contribution in [0.2, 0.25) is 0 Å². The Hall–Kier alpha value is -1.50. The standard InChI is InChI=1S/C16H21N3O3/c1-15-7-17-9-16(2,14(15)20)10-18(8-15)13(17)11-4-3-5-12(6-11)19(21)22/h3-6,13-14,20H,7-10H2,1-2H3/p+2. The number of aliphatic hydroxyl groups excluding tert-OH is 1. The zero-order chi connectivity index (χ0) is 15.7. The summed E-state index contributed by atoms with van der Waals surface area (Å²) in [4.78, 5) is 13.7. The van der Waals surface area contributed by atoms with Crippen molar-refractivity contribution in [1.82, 2.24) is 0 Å². The number of hydrogen-bond donors (Lipinski definition) is 3. The molecule has 4 fully saturated rings. The average molecular weight is 305 g/mol. The van der Waals surface area contributed by atoms with Gasteiger partial charge < -0.3 is 5.11 Å². The summed E-state index contributed by atoms with van der Waals surface area (Å²) in [7, 11) is 0. The van der Waals surface area contributed by atoms with Crippen molar-refractivity contribution in [1.29, 1.82) is 0 Å². The largest absolute Gasteiger partial charge is 0.391 e. The first kappa shape index (κ1) is 14.1. The number of nitrogens with one attached hydrogen (secondary N) is 2. The number of nitro groups is 1. The van der Waals surface area contributed by atoms with E-state index in [4.69, 9.17) is 0 Å². The maximum absolute atomic E-state index is 11.0. The van der Waals surface area contributed by atoms with Crippen LogP contribution in [0, 0.1) is 20.9 Å². The molecule has 0 unspecified atom stereocenters. The van der Waals surface area contributed by atoms with E-state index in [9.17, 15) is 15.2 Å². The van der Waals surface area contributed by atoms with Gasteiger partial charge in [0, 0.05) is 12.1 Å². The molecule has 4 aliphatic heterocycles. The molecule has 22 heavy (non-hydrogen) atoms. The monoisotopic (exact) mass is 305 g/mol. The third kappa shape index (κ3) is 1.77. The van der Waals surface area contributed by atoms with E-state index in [2.05, 4.69) is 13.8 Å². The van der Waals surface area contributed by atoms with Crippen LogP contribution in [0.5, 0.6) is 0 Å². The highest BCUT2D eigenvalue weighted by atomic mass is 16.6. The van der Waals surface area contributed by atoms with Crippen molar-refractivity contribution in [3.63, 3.8) is 0 Å². The molecule has 0 amide bonds. The van der Waals surface area contributed by atoms with Crippen LogP contribution in [0.1, 0.15) is 25.6 Å². The summed E-state index contributed by atoms with van der Waals surface area (Å²) in [5.74, 6) is 0. The van der Waals surface area contributed by atoms with Gasteiger partial charge in [-0.3, -0.25) is 19.9 Å². The summed E-state index contributed by atoms with van der Waals surface area (Å²) in [6.07, 6.45) is 0.0205. The van der Waals surface area contributed by atoms with Gasteiger partial charge >= 0.3 is 0 Å². The van der Waals surface area contributed by atoms with Gasteiger partial charge in [0.05, 0.1) is 53.6 Å². The summed E-state index contributed by atoms with van der Waals surface area (Å²) in [5.41, 5.74) is 1.16. The normalized spacial score (nSPS) is 46.0. The molecule has 0 aromatic heterocycles. The molecule has 118 valence electrons. The van der Waals surface area contributed by atoms with Gasteiger partial charge in [0.2, 0.25) is 6.17 Å². The summed E-state index contributed by atoms with van der Waals surface area (Å²) in [5, 5.41) is 21.7. The molecule has 3 N–H and O–H groups in total. The average Bonchev–Trinajstić information content (AvgIpc) is 2.43. The molecule has 5 rings (SSSR count). The number of non-ortho nitro benzene ring substituents is 1. The molecule has 0 saturated carbocycles. The van der Waals surface area contributed by atoms with Gasteiger partial charge in [-0.2, -0.15) is 0 Å². The minimum absolute atomic E-state index is 0.0346. The van der Waals surface area contributed by atoms with Gasteiger partial charge in [-0.1, -0.05) is 6.07 Å². The first-order valence-electron chi connectivity index (χ1n) is 7.94. The Morgan fingerprint density at radius 1 is 1.18 bits per heavy atom. The zero-order valence-corrected chi connectivity index (χ0v) is 13.0. The van der Waals surface area contributed by atoms with Crippen molar-refractivity contribution < 1.29 is 19.8 Å². The lowest BCUT2D eigenvalue weighted by Crippen LogP contribution is -3.41. The molecular formula is C16H23N3O3+2. The van der Waals surface area contributed by atoms with Crippen molar-refractivity contribution in [2.24, 2.45) is 10.8 Å². The fraction of sp³-hybridized carbons (Fsp3) is 0.625. The molecule has 4 heterocycles. The summed E-state index contributed by atoms with van der Waals surface area (Å²) >= 11 is 0. The van der Waals surface area contributed by atoms with E-state index >= 15 is 0 Å². The van der Waals surface area contributed by atoms with E-state index in [0.717, 1.165) is 31.7 Å². The second-order valence-electron chi connectivity index (χ2n) is 8.02. The highest BCUT2D eigenvalue weighted by Gasteiger charge is 2.68. The lowest BCUT2D eigenvalue weighted by molar-refractivity contribution is -1.19. The molecule has 4 saturated heterocycles. The predicted octanol–water partition coefficient (Wildman–Crippen LogP) is -1.22. The van der Waals surface area contributed by atoms with E-state index in [1.165, 1.54) is 9.80 Å². The second-order valence-corrected chi connectivity index (χ2v) is 8.02. The fourth-order valence-corrected chi connectivity index (χ4v) is 5.54.